The van der Waals surface area contributed by atoms with Gasteiger partial charge in [0, 0.05) is 6.54 Å². The maximum atomic E-state index is 12.0. The van der Waals surface area contributed by atoms with Gasteiger partial charge >= 0.3 is 0 Å². The zero-order valence-electron chi connectivity index (χ0n) is 9.12. The average molecular weight is 208 g/mol. The Morgan fingerprint density at radius 3 is 2.33 bits per heavy atom. The molecule has 3 atom stereocenters. The minimum absolute atomic E-state index is 0.0226. The van der Waals surface area contributed by atoms with E-state index in [0.29, 0.717) is 0 Å². The number of piperidine rings is 1. The van der Waals surface area contributed by atoms with Gasteiger partial charge in [-0.2, -0.15) is 0 Å². The topological polar surface area (TPSA) is 49.4 Å². The summed E-state index contributed by atoms with van der Waals surface area (Å²) in [6, 6.07) is 0.119. The van der Waals surface area contributed by atoms with E-state index < -0.39 is 0 Å². The minimum atomic E-state index is -0.0727. The van der Waals surface area contributed by atoms with Crippen molar-refractivity contribution in [2.75, 3.05) is 13.1 Å². The number of imide groups is 1. The van der Waals surface area contributed by atoms with Gasteiger partial charge in [-0.1, -0.05) is 13.8 Å². The second kappa shape index (κ2) is 2.61. The zero-order valence-corrected chi connectivity index (χ0v) is 9.12. The fourth-order valence-corrected chi connectivity index (χ4v) is 3.19. The Balaban J connectivity index is 1.84. The van der Waals surface area contributed by atoms with Gasteiger partial charge in [0.25, 0.3) is 0 Å². The van der Waals surface area contributed by atoms with Crippen molar-refractivity contribution >= 4 is 11.8 Å². The van der Waals surface area contributed by atoms with Crippen molar-refractivity contribution in [1.29, 1.82) is 0 Å². The van der Waals surface area contributed by atoms with Crippen LogP contribution in [0.2, 0.25) is 0 Å². The molecule has 15 heavy (non-hydrogen) atoms. The second-order valence-corrected chi connectivity index (χ2v) is 5.47. The van der Waals surface area contributed by atoms with Crippen molar-refractivity contribution in [2.45, 2.75) is 26.3 Å². The smallest absolute Gasteiger partial charge is 0.233 e. The number of hydrogen-bond donors (Lipinski definition) is 1. The van der Waals surface area contributed by atoms with Gasteiger partial charge in [0.1, 0.15) is 0 Å². The van der Waals surface area contributed by atoms with Crippen LogP contribution >= 0.6 is 0 Å². The molecule has 0 aromatic heterocycles. The summed E-state index contributed by atoms with van der Waals surface area (Å²) < 4.78 is 0. The number of hydrogen-bond acceptors (Lipinski definition) is 3. The van der Waals surface area contributed by atoms with Gasteiger partial charge in [0.15, 0.2) is 0 Å². The van der Waals surface area contributed by atoms with Crippen molar-refractivity contribution < 1.29 is 9.59 Å². The number of fused-ring (bicyclic) bond motifs is 1. The third-order valence-electron chi connectivity index (χ3n) is 4.23. The van der Waals surface area contributed by atoms with Crippen LogP contribution in [0.5, 0.6) is 0 Å². The van der Waals surface area contributed by atoms with Crippen LogP contribution in [0, 0.1) is 17.3 Å². The Kier molecular flexibility index (Phi) is 1.63. The van der Waals surface area contributed by atoms with Gasteiger partial charge in [-0.3, -0.25) is 14.5 Å². The zero-order chi connectivity index (χ0) is 10.8. The number of nitrogens with one attached hydrogen (secondary N) is 1. The van der Waals surface area contributed by atoms with E-state index >= 15 is 0 Å². The van der Waals surface area contributed by atoms with E-state index in [1.807, 2.05) is 13.8 Å². The molecule has 0 spiro atoms. The summed E-state index contributed by atoms with van der Waals surface area (Å²) in [6.07, 6.45) is 0.914. The van der Waals surface area contributed by atoms with Crippen LogP contribution in [-0.2, 0) is 9.59 Å². The Bertz CT molecular complexity index is 320. The molecular formula is C11H16N2O2. The van der Waals surface area contributed by atoms with Crippen LogP contribution in [-0.4, -0.2) is 35.8 Å². The van der Waals surface area contributed by atoms with Crippen LogP contribution in [0.4, 0.5) is 0 Å². The molecule has 2 aliphatic heterocycles. The summed E-state index contributed by atoms with van der Waals surface area (Å²) in [5, 5.41) is 3.19. The van der Waals surface area contributed by atoms with Crippen molar-refractivity contribution in [3.63, 3.8) is 0 Å². The third kappa shape index (κ3) is 1.00. The Labute approximate surface area is 89.0 Å². The molecular weight excluding hydrogens is 192 g/mol. The number of nitrogens with zero attached hydrogens (tertiary/aromatic N) is 1. The Morgan fingerprint density at radius 2 is 1.87 bits per heavy atom. The number of likely N-dealkylation sites (tertiary alicyclic amines) is 1. The molecule has 0 aromatic carbocycles. The monoisotopic (exact) mass is 208 g/mol. The third-order valence-corrected chi connectivity index (χ3v) is 4.23. The van der Waals surface area contributed by atoms with E-state index in [1.54, 1.807) is 0 Å². The molecule has 2 amide bonds. The first-order valence-electron chi connectivity index (χ1n) is 5.63. The van der Waals surface area contributed by atoms with Gasteiger partial charge < -0.3 is 5.32 Å². The summed E-state index contributed by atoms with van der Waals surface area (Å²) in [5.74, 6) is 0.101. The fourth-order valence-electron chi connectivity index (χ4n) is 3.19. The summed E-state index contributed by atoms with van der Waals surface area (Å²) in [6.45, 7) is 5.72. The van der Waals surface area contributed by atoms with Crippen molar-refractivity contribution in [3.8, 4) is 0 Å². The molecule has 0 bridgehead atoms. The number of carbonyl (C=O) groups excluding carboxylic acids is 2. The SMILES string of the molecule is CC1(C)C2C(=O)N(C3CCNC3)C(=O)C21. The van der Waals surface area contributed by atoms with Gasteiger partial charge in [0.05, 0.1) is 17.9 Å². The molecule has 1 N–H and O–H groups in total. The van der Waals surface area contributed by atoms with E-state index in [4.69, 9.17) is 0 Å². The average Bonchev–Trinajstić information content (AvgIpc) is 2.57. The predicted octanol–water partition coefficient (Wildman–Crippen LogP) is -0.0107. The minimum Gasteiger partial charge on any atom is -0.315 e. The highest BCUT2D eigenvalue weighted by Crippen LogP contribution is 2.63. The van der Waals surface area contributed by atoms with Crippen molar-refractivity contribution in [1.82, 2.24) is 10.2 Å². The summed E-state index contributed by atoms with van der Waals surface area (Å²) in [5.41, 5.74) is -0.0727. The highest BCUT2D eigenvalue weighted by molar-refractivity contribution is 6.10. The van der Waals surface area contributed by atoms with Crippen LogP contribution in [0.3, 0.4) is 0 Å². The van der Waals surface area contributed by atoms with Crippen LogP contribution in [0.1, 0.15) is 20.3 Å². The van der Waals surface area contributed by atoms with E-state index in [-0.39, 0.29) is 35.1 Å². The van der Waals surface area contributed by atoms with Crippen molar-refractivity contribution in [2.24, 2.45) is 17.3 Å². The van der Waals surface area contributed by atoms with E-state index in [9.17, 15) is 9.59 Å². The quantitative estimate of drug-likeness (QED) is 0.617. The molecule has 3 fully saturated rings. The van der Waals surface area contributed by atoms with Gasteiger partial charge in [-0.25, -0.2) is 0 Å². The number of carbonyl (C=O) groups is 2. The lowest BCUT2D eigenvalue weighted by molar-refractivity contribution is -0.145. The number of amides is 2. The van der Waals surface area contributed by atoms with Crippen LogP contribution < -0.4 is 5.32 Å². The molecule has 0 aromatic rings. The first-order chi connectivity index (χ1) is 7.05. The van der Waals surface area contributed by atoms with Gasteiger partial charge in [-0.05, 0) is 18.4 Å². The standard InChI is InChI=1S/C11H16N2O2/c1-11(2)7-8(11)10(15)13(9(7)14)6-3-4-12-5-6/h6-8,12H,3-5H2,1-2H3. The molecule has 4 heteroatoms. The second-order valence-electron chi connectivity index (χ2n) is 5.47. The lowest BCUT2D eigenvalue weighted by atomic mass is 10.0. The van der Waals surface area contributed by atoms with Gasteiger partial charge in [-0.15, -0.1) is 0 Å². The van der Waals surface area contributed by atoms with Crippen LogP contribution in [0.25, 0.3) is 0 Å². The highest BCUT2D eigenvalue weighted by atomic mass is 16.2. The molecule has 3 aliphatic rings. The van der Waals surface area contributed by atoms with E-state index in [1.165, 1.54) is 4.90 Å². The molecule has 4 nitrogen and oxygen atoms in total. The molecule has 0 radical (unpaired) electrons. The maximum Gasteiger partial charge on any atom is 0.233 e. The Morgan fingerprint density at radius 1 is 1.27 bits per heavy atom. The summed E-state index contributed by atoms with van der Waals surface area (Å²) in [7, 11) is 0. The van der Waals surface area contributed by atoms with E-state index in [2.05, 4.69) is 5.32 Å². The largest absolute Gasteiger partial charge is 0.315 e. The first-order valence-corrected chi connectivity index (χ1v) is 5.63. The van der Waals surface area contributed by atoms with E-state index in [0.717, 1.165) is 19.5 Å². The number of rotatable bonds is 1. The summed E-state index contributed by atoms with van der Waals surface area (Å²) in [4.78, 5) is 25.6. The molecule has 82 valence electrons. The Hall–Kier alpha value is -0.900. The van der Waals surface area contributed by atoms with Gasteiger partial charge in [0.2, 0.25) is 11.8 Å². The predicted molar refractivity (Wildman–Crippen MR) is 53.9 cm³/mol. The highest BCUT2D eigenvalue weighted by Gasteiger charge is 2.73. The first kappa shape index (κ1) is 9.33. The lowest BCUT2D eigenvalue weighted by Crippen LogP contribution is -2.44. The molecule has 1 saturated carbocycles. The lowest BCUT2D eigenvalue weighted by Gasteiger charge is -2.25. The maximum absolute atomic E-state index is 12.0. The molecule has 3 unspecified atom stereocenters. The molecule has 1 aliphatic carbocycles. The van der Waals surface area contributed by atoms with Crippen LogP contribution in [0.15, 0.2) is 0 Å². The molecule has 2 heterocycles. The fraction of sp³-hybridized carbons (Fsp3) is 0.818. The normalized spacial score (nSPS) is 42.3. The molecule has 3 rings (SSSR count). The van der Waals surface area contributed by atoms with Crippen molar-refractivity contribution in [3.05, 3.63) is 0 Å². The molecule has 2 saturated heterocycles. The summed E-state index contributed by atoms with van der Waals surface area (Å²) >= 11 is 0.